The Balaban J connectivity index is 2.77. The number of nitrogens with zero attached hydrogens (tertiary/aromatic N) is 2. The third-order valence-corrected chi connectivity index (χ3v) is 4.96. The fourth-order valence-electron chi connectivity index (χ4n) is 1.81. The first kappa shape index (κ1) is 15.4. The number of hydrogen-bond acceptors (Lipinski definition) is 4. The summed E-state index contributed by atoms with van der Waals surface area (Å²) in [7, 11) is -2.04. The van der Waals surface area contributed by atoms with E-state index < -0.39 is 10.2 Å². The van der Waals surface area contributed by atoms with Gasteiger partial charge >= 0.3 is 0 Å². The number of hydrogen-bond donors (Lipinski definition) is 2. The van der Waals surface area contributed by atoms with Crippen molar-refractivity contribution in [1.82, 2.24) is 19.2 Å². The third kappa shape index (κ3) is 3.91. The standard InChI is InChI=1S/C10H22N4O3S/c1-3-13(9-10(15)11-2)18(16,17)14-7-4-5-12-6-8-14/h12H,3-9H2,1-2H3,(H,11,15). The highest BCUT2D eigenvalue weighted by Gasteiger charge is 2.30. The van der Waals surface area contributed by atoms with Crippen molar-refractivity contribution in [3.05, 3.63) is 0 Å². The van der Waals surface area contributed by atoms with Crippen LogP contribution in [0, 0.1) is 0 Å². The Labute approximate surface area is 109 Å². The lowest BCUT2D eigenvalue weighted by Crippen LogP contribution is -2.48. The molecule has 8 heteroatoms. The highest BCUT2D eigenvalue weighted by atomic mass is 32.2. The largest absolute Gasteiger partial charge is 0.358 e. The molecule has 1 aliphatic rings. The number of carbonyl (C=O) groups excluding carboxylic acids is 1. The fourth-order valence-corrected chi connectivity index (χ4v) is 3.43. The summed E-state index contributed by atoms with van der Waals surface area (Å²) in [6, 6.07) is 0. The minimum Gasteiger partial charge on any atom is -0.358 e. The van der Waals surface area contributed by atoms with Crippen LogP contribution in [-0.4, -0.2) is 69.3 Å². The van der Waals surface area contributed by atoms with Crippen molar-refractivity contribution in [1.29, 1.82) is 0 Å². The van der Waals surface area contributed by atoms with E-state index >= 15 is 0 Å². The van der Waals surface area contributed by atoms with E-state index in [0.717, 1.165) is 13.0 Å². The minimum absolute atomic E-state index is 0.126. The van der Waals surface area contributed by atoms with Crippen molar-refractivity contribution in [2.75, 3.05) is 46.3 Å². The van der Waals surface area contributed by atoms with Gasteiger partial charge in [0.25, 0.3) is 10.2 Å². The topological polar surface area (TPSA) is 81.8 Å². The molecule has 1 aliphatic heterocycles. The van der Waals surface area contributed by atoms with E-state index in [4.69, 9.17) is 0 Å². The second kappa shape index (κ2) is 7.03. The number of nitrogens with one attached hydrogen (secondary N) is 2. The van der Waals surface area contributed by atoms with Gasteiger partial charge in [0.05, 0.1) is 6.54 Å². The van der Waals surface area contributed by atoms with Crippen molar-refractivity contribution < 1.29 is 13.2 Å². The molecule has 0 aromatic rings. The second-order valence-electron chi connectivity index (χ2n) is 4.11. The van der Waals surface area contributed by atoms with Crippen LogP contribution in [0.5, 0.6) is 0 Å². The van der Waals surface area contributed by atoms with Crippen LogP contribution in [0.25, 0.3) is 0 Å². The van der Waals surface area contributed by atoms with Gasteiger partial charge in [0, 0.05) is 33.2 Å². The molecule has 0 atom stereocenters. The molecule has 0 spiro atoms. The van der Waals surface area contributed by atoms with Crippen LogP contribution < -0.4 is 10.6 Å². The maximum Gasteiger partial charge on any atom is 0.282 e. The molecule has 1 rings (SSSR count). The van der Waals surface area contributed by atoms with Crippen molar-refractivity contribution in [3.63, 3.8) is 0 Å². The normalized spacial score (nSPS) is 18.6. The maximum absolute atomic E-state index is 12.4. The Hall–Kier alpha value is -0.700. The summed E-state index contributed by atoms with van der Waals surface area (Å²) in [4.78, 5) is 11.3. The molecule has 0 aromatic carbocycles. The summed E-state index contributed by atoms with van der Waals surface area (Å²) in [6.45, 7) is 4.33. The van der Waals surface area contributed by atoms with Crippen LogP contribution in [0.1, 0.15) is 13.3 Å². The van der Waals surface area contributed by atoms with E-state index in [1.807, 2.05) is 0 Å². The van der Waals surface area contributed by atoms with Gasteiger partial charge in [-0.1, -0.05) is 6.92 Å². The molecule has 7 nitrogen and oxygen atoms in total. The molecule has 0 radical (unpaired) electrons. The van der Waals surface area contributed by atoms with Crippen LogP contribution in [0.2, 0.25) is 0 Å². The molecule has 106 valence electrons. The second-order valence-corrected chi connectivity index (χ2v) is 6.04. The molecular weight excluding hydrogens is 256 g/mol. The van der Waals surface area contributed by atoms with E-state index in [-0.39, 0.29) is 12.5 Å². The molecule has 18 heavy (non-hydrogen) atoms. The average molecular weight is 278 g/mol. The Morgan fingerprint density at radius 1 is 1.39 bits per heavy atom. The Morgan fingerprint density at radius 3 is 2.72 bits per heavy atom. The van der Waals surface area contributed by atoms with Crippen LogP contribution in [0.4, 0.5) is 0 Å². The lowest BCUT2D eigenvalue weighted by atomic mass is 10.4. The summed E-state index contributed by atoms with van der Waals surface area (Å²) in [5.74, 6) is -0.298. The van der Waals surface area contributed by atoms with Crippen molar-refractivity contribution in [2.45, 2.75) is 13.3 Å². The van der Waals surface area contributed by atoms with Crippen molar-refractivity contribution in [3.8, 4) is 0 Å². The average Bonchev–Trinajstić information content (AvgIpc) is 2.64. The van der Waals surface area contributed by atoms with E-state index in [2.05, 4.69) is 10.6 Å². The van der Waals surface area contributed by atoms with Crippen molar-refractivity contribution in [2.24, 2.45) is 0 Å². The molecule has 1 amide bonds. The zero-order chi connectivity index (χ0) is 13.6. The lowest BCUT2D eigenvalue weighted by Gasteiger charge is -2.27. The zero-order valence-electron chi connectivity index (χ0n) is 11.0. The Morgan fingerprint density at radius 2 is 2.11 bits per heavy atom. The zero-order valence-corrected chi connectivity index (χ0v) is 11.8. The quantitative estimate of drug-likeness (QED) is 0.648. The minimum atomic E-state index is -3.54. The van der Waals surface area contributed by atoms with Gasteiger partial charge < -0.3 is 10.6 Å². The maximum atomic E-state index is 12.4. The van der Waals surface area contributed by atoms with Gasteiger partial charge in [-0.2, -0.15) is 17.0 Å². The first-order valence-electron chi connectivity index (χ1n) is 6.19. The van der Waals surface area contributed by atoms with Gasteiger partial charge in [-0.25, -0.2) is 0 Å². The van der Waals surface area contributed by atoms with E-state index in [9.17, 15) is 13.2 Å². The summed E-state index contributed by atoms with van der Waals surface area (Å²) >= 11 is 0. The van der Waals surface area contributed by atoms with Gasteiger partial charge in [-0.3, -0.25) is 4.79 Å². The molecule has 0 aliphatic carbocycles. The molecule has 0 aromatic heterocycles. The number of carbonyl (C=O) groups is 1. The molecule has 0 bridgehead atoms. The molecular formula is C10H22N4O3S. The van der Waals surface area contributed by atoms with Gasteiger partial charge in [-0.05, 0) is 13.0 Å². The van der Waals surface area contributed by atoms with Crippen LogP contribution in [-0.2, 0) is 15.0 Å². The summed E-state index contributed by atoms with van der Waals surface area (Å²) in [6.07, 6.45) is 0.788. The molecule has 0 saturated carbocycles. The van der Waals surface area contributed by atoms with Gasteiger partial charge in [-0.15, -0.1) is 0 Å². The van der Waals surface area contributed by atoms with E-state index in [1.165, 1.54) is 15.7 Å². The Bertz CT molecular complexity index is 363. The first-order chi connectivity index (χ1) is 8.52. The van der Waals surface area contributed by atoms with Gasteiger partial charge in [0.1, 0.15) is 0 Å². The number of likely N-dealkylation sites (N-methyl/N-ethyl adjacent to an activating group) is 2. The molecule has 0 unspecified atom stereocenters. The van der Waals surface area contributed by atoms with E-state index in [0.29, 0.717) is 26.2 Å². The highest BCUT2D eigenvalue weighted by molar-refractivity contribution is 7.86. The molecule has 1 heterocycles. The predicted octanol–water partition coefficient (Wildman–Crippen LogP) is -1.41. The Kier molecular flexibility index (Phi) is 6.00. The summed E-state index contributed by atoms with van der Waals surface area (Å²) < 4.78 is 27.4. The van der Waals surface area contributed by atoms with Crippen LogP contribution in [0.15, 0.2) is 0 Å². The van der Waals surface area contributed by atoms with Crippen LogP contribution >= 0.6 is 0 Å². The first-order valence-corrected chi connectivity index (χ1v) is 7.58. The highest BCUT2D eigenvalue weighted by Crippen LogP contribution is 2.09. The third-order valence-electron chi connectivity index (χ3n) is 2.90. The van der Waals surface area contributed by atoms with E-state index in [1.54, 1.807) is 6.92 Å². The van der Waals surface area contributed by atoms with Crippen LogP contribution in [0.3, 0.4) is 0 Å². The molecule has 1 fully saturated rings. The van der Waals surface area contributed by atoms with Gasteiger partial charge in [0.15, 0.2) is 0 Å². The predicted molar refractivity (Wildman–Crippen MR) is 69.3 cm³/mol. The lowest BCUT2D eigenvalue weighted by molar-refractivity contribution is -0.120. The monoisotopic (exact) mass is 278 g/mol. The van der Waals surface area contributed by atoms with Crippen molar-refractivity contribution >= 4 is 16.1 Å². The van der Waals surface area contributed by atoms with Gasteiger partial charge in [0.2, 0.25) is 5.91 Å². The smallest absolute Gasteiger partial charge is 0.282 e. The fraction of sp³-hybridized carbons (Fsp3) is 0.900. The molecule has 1 saturated heterocycles. The summed E-state index contributed by atoms with van der Waals surface area (Å²) in [5.41, 5.74) is 0. The summed E-state index contributed by atoms with van der Waals surface area (Å²) in [5, 5.41) is 5.60. The SMILES string of the molecule is CCN(CC(=O)NC)S(=O)(=O)N1CCCNCC1. The number of rotatable bonds is 5. The molecule has 2 N–H and O–H groups in total. The number of amides is 1.